The van der Waals surface area contributed by atoms with E-state index in [0.717, 1.165) is 45.8 Å². The van der Waals surface area contributed by atoms with E-state index in [1.165, 1.54) is 0 Å². The zero-order chi connectivity index (χ0) is 25.9. The van der Waals surface area contributed by atoms with Crippen LogP contribution in [0.5, 0.6) is 0 Å². The Morgan fingerprint density at radius 3 is 1.20 bits per heavy atom. The molecule has 0 aliphatic rings. The maximum atomic E-state index is 8.03. The Bertz CT molecular complexity index is 1110. The van der Waals surface area contributed by atoms with Crippen molar-refractivity contribution in [2.24, 2.45) is 10.2 Å². The van der Waals surface area contributed by atoms with E-state index in [1.54, 1.807) is 12.4 Å². The van der Waals surface area contributed by atoms with E-state index in [4.69, 9.17) is 10.8 Å². The third-order valence-corrected chi connectivity index (χ3v) is 5.48. The van der Waals surface area contributed by atoms with E-state index in [-0.39, 0.29) is 61.5 Å². The number of rotatable bonds is 10. The van der Waals surface area contributed by atoms with Crippen LogP contribution in [0.2, 0.25) is 0 Å². The minimum atomic E-state index is 0. The molecule has 0 saturated heterocycles. The van der Waals surface area contributed by atoms with Crippen LogP contribution < -0.4 is 21.5 Å². The van der Waals surface area contributed by atoms with E-state index in [0.29, 0.717) is 13.1 Å². The number of guanidine groups is 2. The summed E-state index contributed by atoms with van der Waals surface area (Å²) in [4.78, 5) is 4.10. The monoisotopic (exact) mass is 632 g/mol. The van der Waals surface area contributed by atoms with Crippen molar-refractivity contribution in [3.8, 4) is 0 Å². The normalized spacial score (nSPS) is 10.6. The van der Waals surface area contributed by atoms with Gasteiger partial charge in [0.15, 0.2) is 0 Å². The molecule has 0 unspecified atom stereocenters. The van der Waals surface area contributed by atoms with Gasteiger partial charge in [0.2, 0.25) is 11.9 Å². The molecule has 0 fully saturated rings. The molecule has 10 nitrogen and oxygen atoms in total. The van der Waals surface area contributed by atoms with Crippen LogP contribution in [0.25, 0.3) is 21.5 Å². The fourth-order valence-corrected chi connectivity index (χ4v) is 3.68. The van der Waals surface area contributed by atoms with Crippen LogP contribution in [0.4, 0.5) is 0 Å². The van der Waals surface area contributed by atoms with Crippen LogP contribution in [0.3, 0.4) is 0 Å². The minimum Gasteiger partial charge on any atom is -0.354 e. The quantitative estimate of drug-likeness (QED) is 0.0875. The Morgan fingerprint density at radius 2 is 0.925 bits per heavy atom. The topological polar surface area (TPSA) is 127 Å². The lowest BCUT2D eigenvalue weighted by Gasteiger charge is -2.13. The molecule has 0 aromatic heterocycles. The Kier molecular flexibility index (Phi) is 19.7. The zero-order valence-electron chi connectivity index (χ0n) is 23.0. The van der Waals surface area contributed by atoms with E-state index in [9.17, 15) is 0 Å². The largest absolute Gasteiger partial charge is 0.354 e. The van der Waals surface area contributed by atoms with E-state index >= 15 is 0 Å². The van der Waals surface area contributed by atoms with Gasteiger partial charge in [-0.15, -0.1) is 49.6 Å². The number of likely N-dealkylation sites (N-methyl/N-ethyl adjacent to an activating group) is 2. The predicted octanol–water partition coefficient (Wildman–Crippen LogP) is 3.70. The molecule has 0 spiro atoms. The molecule has 3 aromatic carbocycles. The van der Waals surface area contributed by atoms with Crippen molar-refractivity contribution >= 4 is 95.5 Å². The first-order valence-corrected chi connectivity index (χ1v) is 11.8. The van der Waals surface area contributed by atoms with E-state index in [1.807, 2.05) is 62.3 Å². The summed E-state index contributed by atoms with van der Waals surface area (Å²) in [5, 5.41) is 34.8. The highest BCUT2D eigenvalue weighted by atomic mass is 35.5. The fraction of sp³-hybridized carbons (Fsp3) is 0.308. The van der Waals surface area contributed by atoms with Gasteiger partial charge >= 0.3 is 0 Å². The van der Waals surface area contributed by atoms with Gasteiger partial charge in [0, 0.05) is 37.3 Å². The second-order valence-electron chi connectivity index (χ2n) is 8.87. The highest BCUT2D eigenvalue weighted by Crippen LogP contribution is 2.31. The molecule has 3 rings (SSSR count). The fourth-order valence-electron chi connectivity index (χ4n) is 3.68. The third kappa shape index (κ3) is 11.7. The number of halogens is 4. The molecule has 40 heavy (non-hydrogen) atoms. The summed E-state index contributed by atoms with van der Waals surface area (Å²) in [6.07, 6.45) is 3.52. The van der Waals surface area contributed by atoms with Crippen LogP contribution in [0.1, 0.15) is 11.1 Å². The maximum Gasteiger partial charge on any atom is 0.209 e. The number of fused-ring (bicyclic) bond motifs is 2. The Morgan fingerprint density at radius 1 is 0.625 bits per heavy atom. The van der Waals surface area contributed by atoms with Gasteiger partial charge < -0.3 is 20.4 Å². The number of benzene rings is 3. The molecule has 0 aliphatic heterocycles. The third-order valence-electron chi connectivity index (χ3n) is 5.48. The molecule has 0 atom stereocenters. The summed E-state index contributed by atoms with van der Waals surface area (Å²) < 4.78 is 0. The van der Waals surface area contributed by atoms with Gasteiger partial charge in [-0.2, -0.15) is 10.2 Å². The van der Waals surface area contributed by atoms with Crippen LogP contribution in [0.15, 0.2) is 58.7 Å². The molecule has 0 saturated carbocycles. The molecular formula is C26H40Cl4N10. The summed E-state index contributed by atoms with van der Waals surface area (Å²) >= 11 is 0. The van der Waals surface area contributed by atoms with Gasteiger partial charge in [0.25, 0.3) is 0 Å². The highest BCUT2D eigenvalue weighted by Gasteiger charge is 2.11. The van der Waals surface area contributed by atoms with E-state index in [2.05, 4.69) is 56.0 Å². The Labute approximate surface area is 261 Å². The van der Waals surface area contributed by atoms with Gasteiger partial charge in [-0.1, -0.05) is 48.5 Å². The standard InChI is InChI=1S/C26H36N10.4ClH/c1-35(2)15-13-29-25(27)33-31-17-23-19-9-5-7-11-21(19)24(22-12-8-6-10-20(22)23)18-32-34-26(28)30-14-16-36(3)4;;;;/h5-12,17-18H,13-16H2,1-4H3,(H3,27,29,33)(H3,28,30,34);4*1H. The molecule has 0 amide bonds. The molecule has 0 heterocycles. The minimum absolute atomic E-state index is 0. The summed E-state index contributed by atoms with van der Waals surface area (Å²) in [6, 6.07) is 16.2. The van der Waals surface area contributed by atoms with Gasteiger partial charge in [0.05, 0.1) is 12.4 Å². The lowest BCUT2D eigenvalue weighted by Crippen LogP contribution is -2.37. The van der Waals surface area contributed by atoms with Crippen molar-refractivity contribution in [2.45, 2.75) is 0 Å². The van der Waals surface area contributed by atoms with Crippen LogP contribution in [0, 0.1) is 10.8 Å². The smallest absolute Gasteiger partial charge is 0.209 e. The first kappa shape index (κ1) is 39.3. The molecule has 3 aromatic rings. The van der Waals surface area contributed by atoms with Gasteiger partial charge in [-0.25, -0.2) is 10.9 Å². The maximum absolute atomic E-state index is 8.03. The van der Waals surface area contributed by atoms with Crippen molar-refractivity contribution in [1.82, 2.24) is 31.3 Å². The summed E-state index contributed by atoms with van der Waals surface area (Å²) in [7, 11) is 7.96. The first-order valence-electron chi connectivity index (χ1n) is 11.8. The molecule has 0 aliphatic carbocycles. The van der Waals surface area contributed by atoms with Crippen molar-refractivity contribution in [3.63, 3.8) is 0 Å². The number of hydrazone groups is 2. The summed E-state index contributed by atoms with van der Waals surface area (Å²) in [5.41, 5.74) is 7.46. The Balaban J connectivity index is 0. The second-order valence-corrected chi connectivity index (χ2v) is 8.87. The summed E-state index contributed by atoms with van der Waals surface area (Å²) in [5.74, 6) is 0.302. The average Bonchev–Trinajstić information content (AvgIpc) is 2.84. The average molecular weight is 634 g/mol. The lowest BCUT2D eigenvalue weighted by molar-refractivity contribution is 0.411. The van der Waals surface area contributed by atoms with Gasteiger partial charge in [0.1, 0.15) is 0 Å². The number of hydrogen-bond donors (Lipinski definition) is 6. The van der Waals surface area contributed by atoms with Crippen molar-refractivity contribution in [2.75, 3.05) is 54.4 Å². The van der Waals surface area contributed by atoms with Crippen molar-refractivity contribution < 1.29 is 0 Å². The molecule has 0 bridgehead atoms. The SMILES string of the molecule is CN(C)CCNC(=N)NN=Cc1c2ccccc2c(C=NNC(=N)NCCN(C)C)c2ccccc12.Cl.Cl.Cl.Cl. The number of nitrogens with zero attached hydrogens (tertiary/aromatic N) is 4. The first-order chi connectivity index (χ1) is 17.4. The van der Waals surface area contributed by atoms with Crippen LogP contribution in [-0.2, 0) is 0 Å². The molecular weight excluding hydrogens is 594 g/mol. The highest BCUT2D eigenvalue weighted by molar-refractivity contribution is 6.21. The van der Waals surface area contributed by atoms with Crippen molar-refractivity contribution in [3.05, 3.63) is 59.7 Å². The molecule has 14 heteroatoms. The predicted molar refractivity (Wildman–Crippen MR) is 180 cm³/mol. The second kappa shape index (κ2) is 20.1. The van der Waals surface area contributed by atoms with Crippen LogP contribution >= 0.6 is 49.6 Å². The number of hydrogen-bond acceptors (Lipinski definition) is 6. The number of nitrogens with one attached hydrogen (secondary N) is 6. The van der Waals surface area contributed by atoms with Gasteiger partial charge in [-0.3, -0.25) is 10.8 Å². The Hall–Kier alpha value is -2.86. The van der Waals surface area contributed by atoms with Crippen LogP contribution in [-0.4, -0.2) is 88.5 Å². The lowest BCUT2D eigenvalue weighted by atomic mass is 9.92. The zero-order valence-corrected chi connectivity index (χ0v) is 26.3. The van der Waals surface area contributed by atoms with E-state index < -0.39 is 0 Å². The molecule has 6 N–H and O–H groups in total. The molecule has 222 valence electrons. The summed E-state index contributed by atoms with van der Waals surface area (Å²) in [6.45, 7) is 2.97. The molecule has 0 radical (unpaired) electrons. The van der Waals surface area contributed by atoms with Gasteiger partial charge in [-0.05, 0) is 49.7 Å². The van der Waals surface area contributed by atoms with Crippen molar-refractivity contribution in [1.29, 1.82) is 10.8 Å².